The summed E-state index contributed by atoms with van der Waals surface area (Å²) in [5.41, 5.74) is 5.58. The molecule has 2 aromatic rings. The predicted molar refractivity (Wildman–Crippen MR) is 68.0 cm³/mol. The van der Waals surface area contributed by atoms with Crippen LogP contribution in [0.3, 0.4) is 0 Å². The molecule has 0 spiro atoms. The number of pyridine rings is 1. The Bertz CT molecular complexity index is 455. The van der Waals surface area contributed by atoms with Crippen LogP contribution in [0.4, 0.5) is 11.6 Å². The van der Waals surface area contributed by atoms with E-state index in [4.69, 9.17) is 5.73 Å². The molecule has 0 saturated heterocycles. The number of nitrogen functional groups attached to an aromatic ring is 1. The Morgan fingerprint density at radius 1 is 1.47 bits per heavy atom. The lowest BCUT2D eigenvalue weighted by Gasteiger charge is -2.03. The van der Waals surface area contributed by atoms with Gasteiger partial charge in [-0.1, -0.05) is 6.07 Å². The number of nitrogens with one attached hydrogen (secondary N) is 1. The summed E-state index contributed by atoms with van der Waals surface area (Å²) in [5, 5.41) is 5.27. The Balaban J connectivity index is 1.99. The van der Waals surface area contributed by atoms with Crippen LogP contribution in [0, 0.1) is 0 Å². The summed E-state index contributed by atoms with van der Waals surface area (Å²) in [6.07, 6.45) is 0. The first kappa shape index (κ1) is 10.4. The van der Waals surface area contributed by atoms with Gasteiger partial charge in [-0.25, -0.2) is 4.98 Å². The van der Waals surface area contributed by atoms with E-state index in [-0.39, 0.29) is 0 Å². The highest BCUT2D eigenvalue weighted by Crippen LogP contribution is 2.20. The van der Waals surface area contributed by atoms with Gasteiger partial charge in [0.2, 0.25) is 0 Å². The number of anilines is 2. The molecule has 78 valence electrons. The third kappa shape index (κ3) is 2.94. The molecule has 0 bridgehead atoms. The highest BCUT2D eigenvalue weighted by Gasteiger charge is 1.98. The fraction of sp³-hybridized carbons (Fsp3) is 0.100. The first-order valence-corrected chi connectivity index (χ1v) is 6.10. The van der Waals surface area contributed by atoms with Crippen LogP contribution in [-0.4, -0.2) is 4.98 Å². The first-order chi connectivity index (χ1) is 7.24. The summed E-state index contributed by atoms with van der Waals surface area (Å²) in [6, 6.07) is 7.64. The van der Waals surface area contributed by atoms with Gasteiger partial charge in [0, 0.05) is 14.7 Å². The van der Waals surface area contributed by atoms with Gasteiger partial charge < -0.3 is 11.1 Å². The predicted octanol–water partition coefficient (Wildman–Crippen LogP) is 3.10. The Labute approximate surface area is 100 Å². The summed E-state index contributed by atoms with van der Waals surface area (Å²) < 4.78 is 1.12. The van der Waals surface area contributed by atoms with Crippen molar-refractivity contribution in [3.8, 4) is 0 Å². The van der Waals surface area contributed by atoms with E-state index in [9.17, 15) is 0 Å². The normalized spacial score (nSPS) is 10.2. The van der Waals surface area contributed by atoms with Gasteiger partial charge >= 0.3 is 0 Å². The van der Waals surface area contributed by atoms with E-state index in [0.717, 1.165) is 16.8 Å². The van der Waals surface area contributed by atoms with E-state index in [1.54, 1.807) is 17.4 Å². The molecule has 3 nitrogen and oxygen atoms in total. The summed E-state index contributed by atoms with van der Waals surface area (Å²) in [7, 11) is 0. The highest BCUT2D eigenvalue weighted by atomic mass is 79.9. The van der Waals surface area contributed by atoms with Crippen LogP contribution in [0.1, 0.15) is 4.88 Å². The molecular formula is C10H10BrN3S. The van der Waals surface area contributed by atoms with Crippen LogP contribution in [0.2, 0.25) is 0 Å². The summed E-state index contributed by atoms with van der Waals surface area (Å²) in [6.45, 7) is 0.771. The smallest absolute Gasteiger partial charge is 0.128 e. The highest BCUT2D eigenvalue weighted by molar-refractivity contribution is 9.10. The second-order valence-corrected chi connectivity index (χ2v) is 4.94. The van der Waals surface area contributed by atoms with Gasteiger partial charge in [0.25, 0.3) is 0 Å². The largest absolute Gasteiger partial charge is 0.384 e. The molecule has 0 aliphatic rings. The van der Waals surface area contributed by atoms with Gasteiger partial charge in [-0.2, -0.15) is 0 Å². The lowest BCUT2D eigenvalue weighted by Crippen LogP contribution is -2.01. The maximum absolute atomic E-state index is 5.58. The number of hydrogen-bond acceptors (Lipinski definition) is 4. The molecule has 0 aromatic carbocycles. The molecule has 0 atom stereocenters. The van der Waals surface area contributed by atoms with E-state index in [2.05, 4.69) is 37.7 Å². The maximum atomic E-state index is 5.58. The van der Waals surface area contributed by atoms with Crippen LogP contribution < -0.4 is 11.1 Å². The first-order valence-electron chi connectivity index (χ1n) is 4.43. The third-order valence-electron chi connectivity index (χ3n) is 1.84. The zero-order chi connectivity index (χ0) is 10.7. The molecule has 15 heavy (non-hydrogen) atoms. The molecule has 0 saturated carbocycles. The van der Waals surface area contributed by atoms with Crippen molar-refractivity contribution in [3.05, 3.63) is 39.0 Å². The van der Waals surface area contributed by atoms with Crippen LogP contribution in [0.15, 0.2) is 34.1 Å². The van der Waals surface area contributed by atoms with E-state index in [1.807, 2.05) is 12.1 Å². The average Bonchev–Trinajstić information content (AvgIpc) is 2.62. The van der Waals surface area contributed by atoms with E-state index >= 15 is 0 Å². The second kappa shape index (κ2) is 4.63. The lowest BCUT2D eigenvalue weighted by atomic mass is 10.4. The minimum atomic E-state index is 0.535. The Kier molecular flexibility index (Phi) is 3.23. The number of nitrogens with zero attached hydrogens (tertiary/aromatic N) is 1. The topological polar surface area (TPSA) is 50.9 Å². The monoisotopic (exact) mass is 283 g/mol. The Morgan fingerprint density at radius 3 is 3.00 bits per heavy atom. The number of aromatic nitrogens is 1. The maximum Gasteiger partial charge on any atom is 0.128 e. The van der Waals surface area contributed by atoms with Crippen molar-refractivity contribution < 1.29 is 0 Å². The van der Waals surface area contributed by atoms with Gasteiger partial charge in [-0.05, 0) is 34.1 Å². The van der Waals surface area contributed by atoms with Gasteiger partial charge in [0.1, 0.15) is 11.6 Å². The Morgan fingerprint density at radius 2 is 2.33 bits per heavy atom. The molecule has 2 aromatic heterocycles. The summed E-state index contributed by atoms with van der Waals surface area (Å²) in [5.74, 6) is 1.34. The molecule has 0 amide bonds. The SMILES string of the molecule is Nc1cccc(NCc2cc(Br)cs2)n1. The van der Waals surface area contributed by atoms with E-state index in [0.29, 0.717) is 5.82 Å². The van der Waals surface area contributed by atoms with Gasteiger partial charge in [0.15, 0.2) is 0 Å². The summed E-state index contributed by atoms with van der Waals surface area (Å²) >= 11 is 5.12. The van der Waals surface area contributed by atoms with E-state index in [1.165, 1.54) is 4.88 Å². The molecular weight excluding hydrogens is 274 g/mol. The number of thiophene rings is 1. The zero-order valence-corrected chi connectivity index (χ0v) is 10.3. The van der Waals surface area contributed by atoms with Crippen LogP contribution >= 0.6 is 27.3 Å². The fourth-order valence-corrected chi connectivity index (χ4v) is 2.56. The molecule has 0 fully saturated rings. The fourth-order valence-electron chi connectivity index (χ4n) is 1.17. The van der Waals surface area contributed by atoms with Crippen LogP contribution in [-0.2, 0) is 6.54 Å². The average molecular weight is 284 g/mol. The number of rotatable bonds is 3. The number of nitrogens with two attached hydrogens (primary N) is 1. The van der Waals surface area contributed by atoms with Gasteiger partial charge in [-0.3, -0.25) is 0 Å². The molecule has 2 heterocycles. The van der Waals surface area contributed by atoms with Crippen molar-refractivity contribution in [2.75, 3.05) is 11.1 Å². The number of hydrogen-bond donors (Lipinski definition) is 2. The number of halogens is 1. The molecule has 0 unspecified atom stereocenters. The molecule has 2 rings (SSSR count). The minimum absolute atomic E-state index is 0.535. The Hall–Kier alpha value is -1.07. The van der Waals surface area contributed by atoms with Gasteiger partial charge in [-0.15, -0.1) is 11.3 Å². The molecule has 5 heteroatoms. The van der Waals surface area contributed by atoms with Crippen molar-refractivity contribution in [1.82, 2.24) is 4.98 Å². The standard InChI is InChI=1S/C10H10BrN3S/c11-7-4-8(15-6-7)5-13-10-3-1-2-9(12)14-10/h1-4,6H,5H2,(H3,12,13,14). The minimum Gasteiger partial charge on any atom is -0.384 e. The van der Waals surface area contributed by atoms with Crippen LogP contribution in [0.5, 0.6) is 0 Å². The molecule has 0 radical (unpaired) electrons. The molecule has 0 aliphatic heterocycles. The van der Waals surface area contributed by atoms with Gasteiger partial charge in [0.05, 0.1) is 6.54 Å². The van der Waals surface area contributed by atoms with Crippen molar-refractivity contribution in [3.63, 3.8) is 0 Å². The van der Waals surface area contributed by atoms with Crippen molar-refractivity contribution in [2.24, 2.45) is 0 Å². The zero-order valence-electron chi connectivity index (χ0n) is 7.90. The van der Waals surface area contributed by atoms with Crippen molar-refractivity contribution in [2.45, 2.75) is 6.54 Å². The third-order valence-corrected chi connectivity index (χ3v) is 3.53. The quantitative estimate of drug-likeness (QED) is 0.910. The van der Waals surface area contributed by atoms with Crippen molar-refractivity contribution >= 4 is 38.9 Å². The summed E-state index contributed by atoms with van der Waals surface area (Å²) in [4.78, 5) is 5.41. The lowest BCUT2D eigenvalue weighted by molar-refractivity contribution is 1.14. The molecule has 0 aliphatic carbocycles. The second-order valence-electron chi connectivity index (χ2n) is 3.03. The molecule has 3 N–H and O–H groups in total. The van der Waals surface area contributed by atoms with E-state index < -0.39 is 0 Å². The van der Waals surface area contributed by atoms with Crippen molar-refractivity contribution in [1.29, 1.82) is 0 Å². The van der Waals surface area contributed by atoms with Crippen LogP contribution in [0.25, 0.3) is 0 Å².